The van der Waals surface area contributed by atoms with Crippen LogP contribution >= 0.6 is 0 Å². The van der Waals surface area contributed by atoms with Crippen LogP contribution in [0.4, 0.5) is 0 Å². The normalized spacial score (nSPS) is 14.6. The van der Waals surface area contributed by atoms with E-state index >= 15 is 0 Å². The maximum Gasteiger partial charge on any atom is 2.00 e. The third kappa shape index (κ3) is 5.17. The van der Waals surface area contributed by atoms with Gasteiger partial charge < -0.3 is 8.17 Å². The van der Waals surface area contributed by atoms with Gasteiger partial charge in [-0.05, 0) is 18.9 Å². The van der Waals surface area contributed by atoms with Crippen molar-refractivity contribution in [1.82, 2.24) is 5.32 Å². The quantitative estimate of drug-likeness (QED) is 0.537. The van der Waals surface area contributed by atoms with E-state index in [-0.39, 0.29) is 40.6 Å². The fourth-order valence-electron chi connectivity index (χ4n) is 1.14. The number of unbranched alkanes of at least 4 members (excludes halogenated alkanes) is 2. The van der Waals surface area contributed by atoms with Crippen LogP contribution in [0.1, 0.15) is 35.5 Å². The molecular weight excluding hydrogens is 176 g/mol. The average Bonchev–Trinajstić information content (AvgIpc) is 2.07. The largest absolute Gasteiger partial charge is 2.00 e. The molecule has 3 heteroatoms. The number of aliphatic imine (C=N–C) groups is 1. The second kappa shape index (κ2) is 8.09. The molecule has 1 heterocycles. The van der Waals surface area contributed by atoms with Crippen molar-refractivity contribution in [3.05, 3.63) is 11.8 Å². The van der Waals surface area contributed by atoms with Crippen molar-refractivity contribution in [2.45, 2.75) is 32.6 Å². The SMILES string of the molecule is CCCCCC1=CC=NCN1.[Ca+2].[H-].[H-]. The third-order valence-electron chi connectivity index (χ3n) is 1.83. The van der Waals surface area contributed by atoms with Crippen molar-refractivity contribution in [3.63, 3.8) is 0 Å². The zero-order chi connectivity index (χ0) is 7.94. The Balaban J connectivity index is -0.000000403. The molecular formula is C9H18CaN2. The van der Waals surface area contributed by atoms with Crippen LogP contribution in [0, 0.1) is 0 Å². The van der Waals surface area contributed by atoms with Crippen molar-refractivity contribution in [3.8, 4) is 0 Å². The van der Waals surface area contributed by atoms with E-state index in [9.17, 15) is 0 Å². The summed E-state index contributed by atoms with van der Waals surface area (Å²) in [5, 5.41) is 3.24. The van der Waals surface area contributed by atoms with Crippen LogP contribution < -0.4 is 5.32 Å². The molecule has 1 aliphatic heterocycles. The van der Waals surface area contributed by atoms with Gasteiger partial charge >= 0.3 is 37.7 Å². The maximum atomic E-state index is 4.04. The van der Waals surface area contributed by atoms with Crippen LogP contribution in [-0.2, 0) is 0 Å². The Bertz CT molecular complexity index is 172. The summed E-state index contributed by atoms with van der Waals surface area (Å²) in [5.74, 6) is 0. The molecule has 0 radical (unpaired) electrons. The molecule has 66 valence electrons. The van der Waals surface area contributed by atoms with E-state index < -0.39 is 0 Å². The Labute approximate surface area is 107 Å². The monoisotopic (exact) mass is 194 g/mol. The molecule has 2 nitrogen and oxygen atoms in total. The predicted molar refractivity (Wildman–Crippen MR) is 56.7 cm³/mol. The van der Waals surface area contributed by atoms with Crippen LogP contribution in [0.2, 0.25) is 0 Å². The molecule has 0 saturated carbocycles. The first-order chi connectivity index (χ1) is 5.43. The summed E-state index contributed by atoms with van der Waals surface area (Å²) in [4.78, 5) is 4.04. The summed E-state index contributed by atoms with van der Waals surface area (Å²) in [6, 6.07) is 0. The number of hydrogen-bond donors (Lipinski definition) is 1. The minimum absolute atomic E-state index is 0. The van der Waals surface area contributed by atoms with Crippen LogP contribution in [0.25, 0.3) is 0 Å². The summed E-state index contributed by atoms with van der Waals surface area (Å²) in [7, 11) is 0. The van der Waals surface area contributed by atoms with Gasteiger partial charge in [-0.1, -0.05) is 19.8 Å². The van der Waals surface area contributed by atoms with Gasteiger partial charge in [0, 0.05) is 11.9 Å². The standard InChI is InChI=1S/C9H16N2.Ca.2H/c1-2-3-4-5-9-6-7-10-8-11-9;;;/h6-7,11H,2-5,8H2,1H3;;;/q;+2;2*-1. The van der Waals surface area contributed by atoms with Gasteiger partial charge in [0.15, 0.2) is 0 Å². The number of nitrogens with one attached hydrogen (secondary N) is 1. The van der Waals surface area contributed by atoms with Gasteiger partial charge in [0.25, 0.3) is 0 Å². The smallest absolute Gasteiger partial charge is 1.00 e. The number of hydrogen-bond acceptors (Lipinski definition) is 2. The van der Waals surface area contributed by atoms with Crippen molar-refractivity contribution >= 4 is 44.0 Å². The molecule has 0 spiro atoms. The van der Waals surface area contributed by atoms with E-state index in [0.717, 1.165) is 6.67 Å². The Morgan fingerprint density at radius 1 is 1.58 bits per heavy atom. The van der Waals surface area contributed by atoms with Crippen LogP contribution in [-0.4, -0.2) is 50.6 Å². The molecule has 1 rings (SSSR count). The maximum absolute atomic E-state index is 4.04. The van der Waals surface area contributed by atoms with E-state index in [1.54, 1.807) is 0 Å². The topological polar surface area (TPSA) is 24.4 Å². The summed E-state index contributed by atoms with van der Waals surface area (Å²) in [5.41, 5.74) is 1.34. The molecule has 0 amide bonds. The molecule has 0 atom stereocenters. The Hall–Kier alpha value is 0.470. The van der Waals surface area contributed by atoms with Crippen molar-refractivity contribution in [1.29, 1.82) is 0 Å². The minimum Gasteiger partial charge on any atom is -1.00 e. The molecule has 0 fully saturated rings. The van der Waals surface area contributed by atoms with Crippen molar-refractivity contribution in [2.75, 3.05) is 6.67 Å². The Morgan fingerprint density at radius 3 is 3.00 bits per heavy atom. The van der Waals surface area contributed by atoms with Gasteiger partial charge in [0.05, 0.1) is 0 Å². The second-order valence-electron chi connectivity index (χ2n) is 2.82. The second-order valence-corrected chi connectivity index (χ2v) is 2.82. The first-order valence-corrected chi connectivity index (χ1v) is 4.36. The van der Waals surface area contributed by atoms with Gasteiger partial charge in [-0.15, -0.1) is 0 Å². The zero-order valence-corrected chi connectivity index (χ0v) is 10.1. The molecule has 0 aliphatic carbocycles. The Morgan fingerprint density at radius 2 is 2.42 bits per heavy atom. The van der Waals surface area contributed by atoms with Gasteiger partial charge in [-0.2, -0.15) is 0 Å². The third-order valence-corrected chi connectivity index (χ3v) is 1.83. The summed E-state index contributed by atoms with van der Waals surface area (Å²) >= 11 is 0. The molecule has 0 aromatic carbocycles. The van der Waals surface area contributed by atoms with E-state index in [1.165, 1.54) is 31.4 Å². The minimum atomic E-state index is 0. The van der Waals surface area contributed by atoms with Crippen molar-refractivity contribution in [2.24, 2.45) is 4.99 Å². The molecule has 1 N–H and O–H groups in total. The van der Waals surface area contributed by atoms with E-state index in [0.29, 0.717) is 0 Å². The van der Waals surface area contributed by atoms with Crippen LogP contribution in [0.15, 0.2) is 16.8 Å². The number of allylic oxidation sites excluding steroid dienone is 2. The summed E-state index contributed by atoms with van der Waals surface area (Å²) in [6.07, 6.45) is 9.05. The summed E-state index contributed by atoms with van der Waals surface area (Å²) < 4.78 is 0. The number of rotatable bonds is 4. The van der Waals surface area contributed by atoms with Gasteiger partial charge in [-0.25, -0.2) is 0 Å². The first-order valence-electron chi connectivity index (χ1n) is 4.36. The van der Waals surface area contributed by atoms with Crippen LogP contribution in [0.5, 0.6) is 0 Å². The molecule has 1 aliphatic rings. The molecule has 0 aromatic heterocycles. The van der Waals surface area contributed by atoms with E-state index in [1.807, 2.05) is 6.21 Å². The van der Waals surface area contributed by atoms with Gasteiger partial charge in [0.1, 0.15) is 6.67 Å². The zero-order valence-electron chi connectivity index (χ0n) is 9.84. The molecule has 0 saturated heterocycles. The molecule has 0 bridgehead atoms. The summed E-state index contributed by atoms with van der Waals surface area (Å²) in [6.45, 7) is 2.99. The van der Waals surface area contributed by atoms with Crippen molar-refractivity contribution < 1.29 is 2.85 Å². The molecule has 12 heavy (non-hydrogen) atoms. The Kier molecular flexibility index (Phi) is 8.40. The van der Waals surface area contributed by atoms with Gasteiger partial charge in [0.2, 0.25) is 0 Å². The fourth-order valence-corrected chi connectivity index (χ4v) is 1.14. The number of nitrogens with zero attached hydrogens (tertiary/aromatic N) is 1. The molecule has 0 unspecified atom stereocenters. The van der Waals surface area contributed by atoms with Crippen LogP contribution in [0.3, 0.4) is 0 Å². The first kappa shape index (κ1) is 12.5. The fraction of sp³-hybridized carbons (Fsp3) is 0.667. The van der Waals surface area contributed by atoms with E-state index in [4.69, 9.17) is 0 Å². The van der Waals surface area contributed by atoms with E-state index in [2.05, 4.69) is 23.3 Å². The average molecular weight is 194 g/mol. The molecule has 0 aromatic rings. The van der Waals surface area contributed by atoms with Gasteiger partial charge in [-0.3, -0.25) is 4.99 Å². The predicted octanol–water partition coefficient (Wildman–Crippen LogP) is 1.93.